The SMILES string of the molecule is COC(=O)[C@H]1O[C@@H](Oc2ccc(CO)cc2N=[N+]=[N-])[C@H](OC(C)=O)[C@@H](OC(C)=O)[C@@H]1OC(C)=O. The van der Waals surface area contributed by atoms with Crippen LogP contribution in [0.25, 0.3) is 10.4 Å². The van der Waals surface area contributed by atoms with Crippen LogP contribution >= 0.6 is 0 Å². The van der Waals surface area contributed by atoms with Crippen molar-refractivity contribution in [3.63, 3.8) is 0 Å². The van der Waals surface area contributed by atoms with Gasteiger partial charge < -0.3 is 33.5 Å². The standard InChI is InChI=1S/C20H23N3O11/c1-9(25)30-15-16(31-10(2)26)18(32-11(3)27)20(34-17(15)19(28)29-4)33-14-6-5-12(8-24)7-13(14)22-23-21/h5-7,15-18,20,24H,8H2,1-4H3/t15-,16-,17-,18+,20+/m0/s1. The third-order valence-electron chi connectivity index (χ3n) is 4.44. The normalized spacial score (nSPS) is 23.6. The number of rotatable bonds is 8. The Balaban J connectivity index is 2.58. The molecule has 1 aliphatic rings. The highest BCUT2D eigenvalue weighted by Crippen LogP contribution is 2.35. The minimum Gasteiger partial charge on any atom is -0.467 e. The Morgan fingerprint density at radius 2 is 1.62 bits per heavy atom. The van der Waals surface area contributed by atoms with Crippen molar-refractivity contribution in [3.8, 4) is 5.75 Å². The quantitative estimate of drug-likeness (QED) is 0.184. The molecule has 1 N–H and O–H groups in total. The van der Waals surface area contributed by atoms with Crippen LogP contribution in [0.4, 0.5) is 5.69 Å². The predicted molar refractivity (Wildman–Crippen MR) is 109 cm³/mol. The average molecular weight is 481 g/mol. The van der Waals surface area contributed by atoms with E-state index in [4.69, 9.17) is 34.0 Å². The van der Waals surface area contributed by atoms with E-state index in [0.717, 1.165) is 27.9 Å². The lowest BCUT2D eigenvalue weighted by molar-refractivity contribution is -0.282. The van der Waals surface area contributed by atoms with Gasteiger partial charge in [0.05, 0.1) is 19.4 Å². The van der Waals surface area contributed by atoms with Crippen LogP contribution in [0.2, 0.25) is 0 Å². The number of ether oxygens (including phenoxy) is 6. The average Bonchev–Trinajstić information content (AvgIpc) is 2.77. The number of hydrogen-bond acceptors (Lipinski definition) is 12. The molecule has 1 heterocycles. The molecule has 14 nitrogen and oxygen atoms in total. The molecule has 0 spiro atoms. The fourth-order valence-electron chi connectivity index (χ4n) is 3.19. The first-order valence-electron chi connectivity index (χ1n) is 9.81. The zero-order valence-electron chi connectivity index (χ0n) is 18.7. The fraction of sp³-hybridized carbons (Fsp3) is 0.500. The van der Waals surface area contributed by atoms with E-state index < -0.39 is 54.6 Å². The highest BCUT2D eigenvalue weighted by Gasteiger charge is 2.55. The Labute approximate surface area is 193 Å². The smallest absolute Gasteiger partial charge is 0.339 e. The van der Waals surface area contributed by atoms with Gasteiger partial charge in [0.15, 0.2) is 18.3 Å². The van der Waals surface area contributed by atoms with E-state index in [1.54, 1.807) is 0 Å². The molecule has 0 bridgehead atoms. The molecular formula is C20H23N3O11. The molecule has 0 saturated carbocycles. The van der Waals surface area contributed by atoms with E-state index in [9.17, 15) is 24.3 Å². The molecule has 2 rings (SSSR count). The molecule has 184 valence electrons. The van der Waals surface area contributed by atoms with Crippen LogP contribution in [0.1, 0.15) is 26.3 Å². The van der Waals surface area contributed by atoms with Gasteiger partial charge in [-0.1, -0.05) is 11.2 Å². The minimum atomic E-state index is -1.64. The van der Waals surface area contributed by atoms with Crippen LogP contribution in [0.3, 0.4) is 0 Å². The Kier molecular flexibility index (Phi) is 9.18. The lowest BCUT2D eigenvalue weighted by Gasteiger charge is -2.43. The van der Waals surface area contributed by atoms with Gasteiger partial charge in [-0.15, -0.1) is 0 Å². The molecule has 1 aromatic carbocycles. The van der Waals surface area contributed by atoms with Crippen LogP contribution < -0.4 is 4.74 Å². The number of carbonyl (C=O) groups excluding carboxylic acids is 4. The lowest BCUT2D eigenvalue weighted by atomic mass is 9.97. The first-order chi connectivity index (χ1) is 16.1. The van der Waals surface area contributed by atoms with Crippen LogP contribution in [0.15, 0.2) is 23.3 Å². The largest absolute Gasteiger partial charge is 0.467 e. The lowest BCUT2D eigenvalue weighted by Crippen LogP contribution is -2.64. The molecule has 1 fully saturated rings. The topological polar surface area (TPSA) is 193 Å². The Bertz CT molecular complexity index is 992. The van der Waals surface area contributed by atoms with Gasteiger partial charge in [0.1, 0.15) is 5.75 Å². The van der Waals surface area contributed by atoms with Crippen molar-refractivity contribution in [1.82, 2.24) is 0 Å². The highest BCUT2D eigenvalue weighted by molar-refractivity contribution is 5.77. The molecule has 0 aliphatic carbocycles. The maximum atomic E-state index is 12.4. The van der Waals surface area contributed by atoms with Gasteiger partial charge in [0, 0.05) is 25.7 Å². The van der Waals surface area contributed by atoms with Crippen molar-refractivity contribution >= 4 is 29.6 Å². The van der Waals surface area contributed by atoms with Gasteiger partial charge in [-0.2, -0.15) is 0 Å². The monoisotopic (exact) mass is 481 g/mol. The number of hydrogen-bond donors (Lipinski definition) is 1. The van der Waals surface area contributed by atoms with Crippen LogP contribution in [0.5, 0.6) is 5.75 Å². The summed E-state index contributed by atoms with van der Waals surface area (Å²) in [5.74, 6) is -3.59. The molecule has 0 aromatic heterocycles. The highest BCUT2D eigenvalue weighted by atomic mass is 16.7. The first-order valence-corrected chi connectivity index (χ1v) is 9.81. The Morgan fingerprint density at radius 3 is 2.15 bits per heavy atom. The Hall–Kier alpha value is -3.87. The van der Waals surface area contributed by atoms with Crippen LogP contribution in [-0.2, 0) is 49.5 Å². The maximum absolute atomic E-state index is 12.4. The molecule has 14 heteroatoms. The van der Waals surface area contributed by atoms with Crippen molar-refractivity contribution < 1.29 is 52.7 Å². The maximum Gasteiger partial charge on any atom is 0.339 e. The summed E-state index contributed by atoms with van der Waals surface area (Å²) in [6.45, 7) is 2.82. The number of benzene rings is 1. The summed E-state index contributed by atoms with van der Waals surface area (Å²) >= 11 is 0. The number of methoxy groups -OCH3 is 1. The summed E-state index contributed by atoms with van der Waals surface area (Å²) < 4.78 is 31.8. The second-order valence-corrected chi connectivity index (χ2v) is 6.94. The minimum absolute atomic E-state index is 0.0556. The van der Waals surface area contributed by atoms with Crippen molar-refractivity contribution in [3.05, 3.63) is 34.2 Å². The third kappa shape index (κ3) is 6.57. The van der Waals surface area contributed by atoms with Gasteiger partial charge >= 0.3 is 23.9 Å². The Morgan fingerprint density at radius 1 is 1.03 bits per heavy atom. The summed E-state index contributed by atoms with van der Waals surface area (Å²) in [6.07, 6.45) is -7.87. The van der Waals surface area contributed by atoms with E-state index in [1.807, 2.05) is 0 Å². The summed E-state index contributed by atoms with van der Waals surface area (Å²) in [7, 11) is 1.05. The number of aliphatic hydroxyl groups excluding tert-OH is 1. The predicted octanol–water partition coefficient (Wildman–Crippen LogP) is 1.19. The van der Waals surface area contributed by atoms with Crippen molar-refractivity contribution in [2.24, 2.45) is 5.11 Å². The van der Waals surface area contributed by atoms with Crippen LogP contribution in [0, 0.1) is 0 Å². The molecule has 1 aromatic rings. The van der Waals surface area contributed by atoms with Crippen LogP contribution in [-0.4, -0.2) is 66.8 Å². The molecule has 5 atom stereocenters. The van der Waals surface area contributed by atoms with Gasteiger partial charge in [0.2, 0.25) is 12.4 Å². The van der Waals surface area contributed by atoms with E-state index in [-0.39, 0.29) is 18.0 Å². The van der Waals surface area contributed by atoms with E-state index in [1.165, 1.54) is 18.2 Å². The molecule has 0 unspecified atom stereocenters. The number of aliphatic hydroxyl groups is 1. The van der Waals surface area contributed by atoms with E-state index in [2.05, 4.69) is 10.0 Å². The summed E-state index contributed by atoms with van der Waals surface area (Å²) in [5, 5.41) is 12.8. The third-order valence-corrected chi connectivity index (χ3v) is 4.44. The number of nitrogens with zero attached hydrogens (tertiary/aromatic N) is 3. The summed E-state index contributed by atoms with van der Waals surface area (Å²) in [6, 6.07) is 4.13. The van der Waals surface area contributed by atoms with Crippen molar-refractivity contribution in [2.75, 3.05) is 7.11 Å². The van der Waals surface area contributed by atoms with Gasteiger partial charge in [-0.3, -0.25) is 14.4 Å². The van der Waals surface area contributed by atoms with E-state index in [0.29, 0.717) is 5.56 Å². The first kappa shape index (κ1) is 26.4. The molecule has 0 amide bonds. The van der Waals surface area contributed by atoms with Gasteiger partial charge in [0.25, 0.3) is 0 Å². The molecular weight excluding hydrogens is 458 g/mol. The molecule has 34 heavy (non-hydrogen) atoms. The number of azide groups is 1. The zero-order chi connectivity index (χ0) is 25.4. The molecule has 0 radical (unpaired) electrons. The van der Waals surface area contributed by atoms with E-state index >= 15 is 0 Å². The summed E-state index contributed by atoms with van der Waals surface area (Å²) in [4.78, 5) is 50.5. The molecule has 1 saturated heterocycles. The van der Waals surface area contributed by atoms with Gasteiger partial charge in [-0.05, 0) is 23.2 Å². The van der Waals surface area contributed by atoms with Crippen molar-refractivity contribution in [2.45, 2.75) is 58.1 Å². The second-order valence-electron chi connectivity index (χ2n) is 6.94. The molecule has 1 aliphatic heterocycles. The summed E-state index contributed by atoms with van der Waals surface area (Å²) in [5.41, 5.74) is 9.21. The number of carbonyl (C=O) groups is 4. The van der Waals surface area contributed by atoms with Crippen molar-refractivity contribution in [1.29, 1.82) is 0 Å². The zero-order valence-corrected chi connectivity index (χ0v) is 18.7. The van der Waals surface area contributed by atoms with Gasteiger partial charge in [-0.25, -0.2) is 4.79 Å². The number of esters is 4. The fourth-order valence-corrected chi connectivity index (χ4v) is 3.19. The second kappa shape index (κ2) is 11.8.